The first kappa shape index (κ1) is 39.1. The van der Waals surface area contributed by atoms with Gasteiger partial charge in [-0.1, -0.05) is 83.3 Å². The maximum Gasteiger partial charge on any atom is 0.355 e. The van der Waals surface area contributed by atoms with Crippen LogP contribution in [-0.4, -0.2) is 90.8 Å². The number of benzene rings is 4. The Morgan fingerprint density at radius 2 is 1.67 bits per heavy atom. The molecular weight excluding hydrogens is 776 g/mol. The van der Waals surface area contributed by atoms with Crippen LogP contribution in [0.15, 0.2) is 90.6 Å². The van der Waals surface area contributed by atoms with Gasteiger partial charge in [0.1, 0.15) is 23.8 Å². The molecule has 5 aromatic rings. The first-order valence-corrected chi connectivity index (χ1v) is 20.8. The highest BCUT2D eigenvalue weighted by Crippen LogP contribution is 2.39. The fourth-order valence-corrected chi connectivity index (χ4v) is 8.79. The summed E-state index contributed by atoms with van der Waals surface area (Å²) in [6.07, 6.45) is 2.07. The van der Waals surface area contributed by atoms with E-state index >= 15 is 0 Å². The Hall–Kier alpha value is -4.20. The minimum Gasteiger partial charge on any atom is -0.493 e. The summed E-state index contributed by atoms with van der Waals surface area (Å²) < 4.78 is 22.8. The second-order valence-electron chi connectivity index (χ2n) is 14.0. The Kier molecular flexibility index (Phi) is 12.9. The van der Waals surface area contributed by atoms with Gasteiger partial charge < -0.3 is 34.8 Å². The van der Waals surface area contributed by atoms with Crippen LogP contribution in [0.25, 0.3) is 27.2 Å². The molecule has 0 aliphatic carbocycles. The topological polar surface area (TPSA) is 97.5 Å². The van der Waals surface area contributed by atoms with E-state index in [0.29, 0.717) is 50.2 Å². The van der Waals surface area contributed by atoms with Crippen molar-refractivity contribution in [2.75, 3.05) is 69.8 Å². The van der Waals surface area contributed by atoms with Crippen LogP contribution in [0, 0.1) is 0 Å². The number of anilines is 1. The number of esters is 1. The van der Waals surface area contributed by atoms with Crippen molar-refractivity contribution in [3.05, 3.63) is 107 Å². The Bertz CT molecular complexity index is 2130. The van der Waals surface area contributed by atoms with Gasteiger partial charge in [0.15, 0.2) is 0 Å². The first-order chi connectivity index (χ1) is 26.9. The highest BCUT2D eigenvalue weighted by molar-refractivity contribution is 9.09. The van der Waals surface area contributed by atoms with E-state index in [0.717, 1.165) is 88.2 Å². The predicted molar refractivity (Wildman–Crippen MR) is 229 cm³/mol. The quantitative estimate of drug-likeness (QED) is 0.0410. The molecule has 3 N–H and O–H groups in total. The number of fused-ring (bicyclic) bond motifs is 2. The number of halogens is 1. The average Bonchev–Trinajstić information content (AvgIpc) is 3.71. The number of rotatable bonds is 16. The lowest BCUT2D eigenvalue weighted by molar-refractivity contribution is 0.0512. The van der Waals surface area contributed by atoms with Crippen LogP contribution >= 0.6 is 28.7 Å². The molecule has 0 amide bonds. The molecule has 1 atom stereocenters. The molecule has 0 spiro atoms. The third kappa shape index (κ3) is 8.49. The summed E-state index contributed by atoms with van der Waals surface area (Å²) in [5, 5.41) is 6.09. The molecule has 0 saturated carbocycles. The number of aryl methyl sites for hydroxylation is 2. The second kappa shape index (κ2) is 18.2. The van der Waals surface area contributed by atoms with Crippen LogP contribution in [0.1, 0.15) is 41.4 Å². The molecule has 7 rings (SSSR count). The summed E-state index contributed by atoms with van der Waals surface area (Å²) in [6.45, 7) is 7.82. The smallest absolute Gasteiger partial charge is 0.355 e. The number of hydrazine groups is 1. The summed E-state index contributed by atoms with van der Waals surface area (Å²) >= 11 is 8.31. The summed E-state index contributed by atoms with van der Waals surface area (Å²) in [5.74, 6) is 1.34. The monoisotopic (exact) mass is 826 g/mol. The number of ether oxygens (including phenoxy) is 3. The third-order valence-corrected chi connectivity index (χ3v) is 11.5. The van der Waals surface area contributed by atoms with Gasteiger partial charge in [-0.3, -0.25) is 0 Å². The van der Waals surface area contributed by atoms with E-state index in [1.54, 1.807) is 0 Å². The molecule has 4 aromatic carbocycles. The molecule has 2 aliphatic rings. The number of carbonyl (C=O) groups excluding carboxylic acids is 1. The molecule has 1 unspecified atom stereocenters. The van der Waals surface area contributed by atoms with Gasteiger partial charge in [0.2, 0.25) is 0 Å². The van der Waals surface area contributed by atoms with Crippen molar-refractivity contribution < 1.29 is 19.0 Å². The van der Waals surface area contributed by atoms with Crippen LogP contribution in [0.4, 0.5) is 5.69 Å². The van der Waals surface area contributed by atoms with Gasteiger partial charge >= 0.3 is 5.97 Å². The molecule has 2 aliphatic heterocycles. The maximum absolute atomic E-state index is 13.9. The molecule has 10 nitrogen and oxygen atoms in total. The van der Waals surface area contributed by atoms with E-state index in [-0.39, 0.29) is 18.6 Å². The van der Waals surface area contributed by atoms with Gasteiger partial charge in [0, 0.05) is 72.7 Å². The minimum atomic E-state index is -0.321. The van der Waals surface area contributed by atoms with Crippen molar-refractivity contribution >= 4 is 67.6 Å². The number of nitrogens with one attached hydrogen (secondary N) is 1. The number of nitrogens with zero attached hydrogens (tertiary/aromatic N) is 4. The predicted octanol–water partition coefficient (Wildman–Crippen LogP) is 7.30. The standard InChI is InChI=1S/C43H51BrN6O4S/c1-3-52-43(51)42-35(15-8-27-53-39-16-6-11-30-10-4-5-12-33(30)39)34-13-7-14-36(41(34)50(42)22-9-21-45)40-37(46-47(2)38(40)28-44)29-54-32-19-17-31(18-20-32)48-23-25-49(55)26-24-48/h4-7,10-14,16-20,38,46,55H,3,8-9,15,21-29,45H2,1-2H3. The van der Waals surface area contributed by atoms with Crippen molar-refractivity contribution in [2.24, 2.45) is 5.73 Å². The lowest BCUT2D eigenvalue weighted by Gasteiger charge is -2.33. The van der Waals surface area contributed by atoms with E-state index in [4.69, 9.17) is 19.9 Å². The molecule has 3 heterocycles. The summed E-state index contributed by atoms with van der Waals surface area (Å²) in [4.78, 5) is 16.3. The van der Waals surface area contributed by atoms with Crippen molar-refractivity contribution in [3.8, 4) is 11.5 Å². The number of hydrogen-bond donors (Lipinski definition) is 3. The number of carbonyl (C=O) groups is 1. The van der Waals surface area contributed by atoms with Gasteiger partial charge in [0.05, 0.1) is 30.5 Å². The van der Waals surface area contributed by atoms with Crippen LogP contribution in [0.5, 0.6) is 11.5 Å². The highest BCUT2D eigenvalue weighted by Gasteiger charge is 2.34. The molecule has 12 heteroatoms. The van der Waals surface area contributed by atoms with E-state index < -0.39 is 0 Å². The van der Waals surface area contributed by atoms with Gasteiger partial charge in [-0.05, 0) is 74.0 Å². The molecule has 55 heavy (non-hydrogen) atoms. The number of hydrogen-bond acceptors (Lipinski definition) is 10. The molecule has 1 aromatic heterocycles. The van der Waals surface area contributed by atoms with E-state index in [1.165, 1.54) is 5.69 Å². The van der Waals surface area contributed by atoms with Gasteiger partial charge in [-0.2, -0.15) is 0 Å². The van der Waals surface area contributed by atoms with Crippen molar-refractivity contribution in [1.82, 2.24) is 19.3 Å². The molecule has 290 valence electrons. The Morgan fingerprint density at radius 3 is 2.44 bits per heavy atom. The number of piperazine rings is 1. The van der Waals surface area contributed by atoms with Gasteiger partial charge in [-0.25, -0.2) is 14.1 Å². The van der Waals surface area contributed by atoms with E-state index in [2.05, 4.69) is 109 Å². The van der Waals surface area contributed by atoms with E-state index in [1.807, 2.05) is 43.3 Å². The molecule has 0 bridgehead atoms. The zero-order chi connectivity index (χ0) is 38.3. The Morgan fingerprint density at radius 1 is 0.927 bits per heavy atom. The number of nitrogens with two attached hydrogens (primary N) is 1. The normalized spacial score (nSPS) is 16.6. The fraction of sp³-hybridized carbons (Fsp3) is 0.372. The van der Waals surface area contributed by atoms with Crippen LogP contribution in [-0.2, 0) is 17.7 Å². The Balaban J connectivity index is 1.22. The zero-order valence-electron chi connectivity index (χ0n) is 31.7. The molecule has 1 fully saturated rings. The highest BCUT2D eigenvalue weighted by atomic mass is 79.9. The summed E-state index contributed by atoms with van der Waals surface area (Å²) in [6, 6.07) is 29.1. The van der Waals surface area contributed by atoms with Crippen LogP contribution in [0.2, 0.25) is 0 Å². The van der Waals surface area contributed by atoms with E-state index in [9.17, 15) is 4.79 Å². The van der Waals surface area contributed by atoms with Gasteiger partial charge in [-0.15, -0.1) is 0 Å². The lowest BCUT2D eigenvalue weighted by atomic mass is 9.95. The minimum absolute atomic E-state index is 0.0125. The summed E-state index contributed by atoms with van der Waals surface area (Å²) in [7, 11) is 2.05. The average molecular weight is 828 g/mol. The first-order valence-electron chi connectivity index (χ1n) is 19.2. The third-order valence-electron chi connectivity index (χ3n) is 10.5. The molecular formula is C43H51BrN6O4S. The van der Waals surface area contributed by atoms with Crippen molar-refractivity contribution in [1.29, 1.82) is 0 Å². The number of alkyl halides is 1. The van der Waals surface area contributed by atoms with Crippen LogP contribution < -0.4 is 25.5 Å². The summed E-state index contributed by atoms with van der Waals surface area (Å²) in [5.41, 5.74) is 16.6. The number of thiol groups is 1. The lowest BCUT2D eigenvalue weighted by Crippen LogP contribution is -2.42. The number of aromatic nitrogens is 1. The van der Waals surface area contributed by atoms with Crippen molar-refractivity contribution in [3.63, 3.8) is 0 Å². The second-order valence-corrected chi connectivity index (χ2v) is 15.2. The van der Waals surface area contributed by atoms with Crippen LogP contribution in [0.3, 0.4) is 0 Å². The number of para-hydroxylation sites is 1. The van der Waals surface area contributed by atoms with Crippen molar-refractivity contribution in [2.45, 2.75) is 38.8 Å². The molecule has 0 radical (unpaired) electrons. The molecule has 1 saturated heterocycles. The SMILES string of the molecule is CCOC(=O)c1c(CCCOc2cccc3ccccc23)c2cccc(C3=C(COc4ccc(N5CCN(S)CC5)cc4)NN(C)C3CBr)c2n1CCCN. The maximum atomic E-state index is 13.9. The largest absolute Gasteiger partial charge is 0.493 e. The zero-order valence-corrected chi connectivity index (χ0v) is 34.2. The van der Waals surface area contributed by atoms with Gasteiger partial charge in [0.25, 0.3) is 0 Å². The number of likely N-dealkylation sites (N-methyl/N-ethyl adjacent to an activating group) is 1. The Labute approximate surface area is 337 Å². The fourth-order valence-electron chi connectivity index (χ4n) is 7.85.